The van der Waals surface area contributed by atoms with Crippen molar-refractivity contribution in [3.8, 4) is 0 Å². The van der Waals surface area contributed by atoms with Crippen LogP contribution in [-0.4, -0.2) is 30.1 Å². The Balaban J connectivity index is 2.18. The molecule has 1 N–H and O–H groups in total. The summed E-state index contributed by atoms with van der Waals surface area (Å²) in [5.41, 5.74) is 1.25. The van der Waals surface area contributed by atoms with Crippen molar-refractivity contribution in [3.05, 3.63) is 34.9 Å². The van der Waals surface area contributed by atoms with Crippen LogP contribution in [0.15, 0.2) is 24.3 Å². The van der Waals surface area contributed by atoms with Gasteiger partial charge in [-0.25, -0.2) is 0 Å². The van der Waals surface area contributed by atoms with E-state index in [-0.39, 0.29) is 0 Å². The van der Waals surface area contributed by atoms with Crippen molar-refractivity contribution in [1.82, 2.24) is 10.2 Å². The SMILES string of the molecule is CCC(C)C1CN(C(C)c2ccccc2Cl)C(CC)CN1. The second kappa shape index (κ2) is 7.62. The van der Waals surface area contributed by atoms with Gasteiger partial charge in [-0.15, -0.1) is 0 Å². The molecule has 1 heterocycles. The van der Waals surface area contributed by atoms with E-state index in [2.05, 4.69) is 50.0 Å². The Kier molecular flexibility index (Phi) is 6.09. The number of benzene rings is 1. The molecule has 3 heteroatoms. The van der Waals surface area contributed by atoms with Crippen LogP contribution >= 0.6 is 11.6 Å². The molecule has 118 valence electrons. The quantitative estimate of drug-likeness (QED) is 0.861. The van der Waals surface area contributed by atoms with Gasteiger partial charge in [-0.3, -0.25) is 4.90 Å². The van der Waals surface area contributed by atoms with Gasteiger partial charge < -0.3 is 5.32 Å². The fourth-order valence-corrected chi connectivity index (χ4v) is 3.65. The molecular weight excluding hydrogens is 280 g/mol. The first-order valence-electron chi connectivity index (χ1n) is 8.32. The first kappa shape index (κ1) is 16.8. The Hall–Kier alpha value is -0.570. The van der Waals surface area contributed by atoms with Gasteiger partial charge in [0.25, 0.3) is 0 Å². The molecule has 4 atom stereocenters. The third kappa shape index (κ3) is 3.80. The molecule has 1 fully saturated rings. The number of hydrogen-bond acceptors (Lipinski definition) is 2. The van der Waals surface area contributed by atoms with Crippen LogP contribution in [0.3, 0.4) is 0 Å². The normalized spacial score (nSPS) is 26.5. The van der Waals surface area contributed by atoms with Crippen molar-refractivity contribution in [2.24, 2.45) is 5.92 Å². The molecule has 1 aromatic rings. The van der Waals surface area contributed by atoms with Crippen LogP contribution < -0.4 is 5.32 Å². The molecule has 0 aliphatic carbocycles. The van der Waals surface area contributed by atoms with E-state index in [9.17, 15) is 0 Å². The molecule has 2 rings (SSSR count). The van der Waals surface area contributed by atoms with E-state index in [1.807, 2.05) is 12.1 Å². The molecule has 1 aliphatic rings. The summed E-state index contributed by atoms with van der Waals surface area (Å²) >= 11 is 6.41. The zero-order chi connectivity index (χ0) is 15.4. The number of nitrogens with one attached hydrogen (secondary N) is 1. The van der Waals surface area contributed by atoms with Gasteiger partial charge in [-0.1, -0.05) is 57.0 Å². The Labute approximate surface area is 134 Å². The Bertz CT molecular complexity index is 449. The van der Waals surface area contributed by atoms with Crippen molar-refractivity contribution in [2.75, 3.05) is 13.1 Å². The van der Waals surface area contributed by atoms with Crippen molar-refractivity contribution in [3.63, 3.8) is 0 Å². The van der Waals surface area contributed by atoms with Gasteiger partial charge >= 0.3 is 0 Å². The molecule has 4 unspecified atom stereocenters. The van der Waals surface area contributed by atoms with Gasteiger partial charge in [0.05, 0.1) is 0 Å². The lowest BCUT2D eigenvalue weighted by atomic mass is 9.92. The van der Waals surface area contributed by atoms with Crippen molar-refractivity contribution in [1.29, 1.82) is 0 Å². The van der Waals surface area contributed by atoms with Crippen LogP contribution in [0.1, 0.15) is 52.1 Å². The van der Waals surface area contributed by atoms with E-state index < -0.39 is 0 Å². The molecule has 2 nitrogen and oxygen atoms in total. The molecule has 1 saturated heterocycles. The number of halogens is 1. The lowest BCUT2D eigenvalue weighted by Gasteiger charge is -2.45. The summed E-state index contributed by atoms with van der Waals surface area (Å²) in [6.07, 6.45) is 2.40. The largest absolute Gasteiger partial charge is 0.311 e. The molecule has 21 heavy (non-hydrogen) atoms. The van der Waals surface area contributed by atoms with Crippen LogP contribution in [0.4, 0.5) is 0 Å². The van der Waals surface area contributed by atoms with Crippen LogP contribution in [0, 0.1) is 5.92 Å². The van der Waals surface area contributed by atoms with Gasteiger partial charge in [0, 0.05) is 36.2 Å². The second-order valence-electron chi connectivity index (χ2n) is 6.36. The van der Waals surface area contributed by atoms with Crippen molar-refractivity contribution in [2.45, 2.75) is 58.7 Å². The first-order chi connectivity index (χ1) is 10.1. The highest BCUT2D eigenvalue weighted by atomic mass is 35.5. The summed E-state index contributed by atoms with van der Waals surface area (Å²) in [6, 6.07) is 9.82. The van der Waals surface area contributed by atoms with Gasteiger partial charge in [0.2, 0.25) is 0 Å². The molecular formula is C18H29ClN2. The molecule has 0 bridgehead atoms. The molecule has 0 amide bonds. The van der Waals surface area contributed by atoms with Crippen LogP contribution in [0.5, 0.6) is 0 Å². The summed E-state index contributed by atoms with van der Waals surface area (Å²) in [6.45, 7) is 11.4. The van der Waals surface area contributed by atoms with E-state index in [1.165, 1.54) is 18.4 Å². The maximum Gasteiger partial charge on any atom is 0.0453 e. The summed E-state index contributed by atoms with van der Waals surface area (Å²) in [5, 5.41) is 4.63. The minimum Gasteiger partial charge on any atom is -0.311 e. The van der Waals surface area contributed by atoms with E-state index in [1.54, 1.807) is 0 Å². The predicted octanol–water partition coefficient (Wildman–Crippen LogP) is 4.50. The first-order valence-corrected chi connectivity index (χ1v) is 8.69. The number of rotatable bonds is 5. The maximum absolute atomic E-state index is 6.41. The standard InChI is InChI=1S/C18H29ClN2/c1-5-13(3)18-12-21(15(6-2)11-20-18)14(4)16-9-7-8-10-17(16)19/h7-10,13-15,18,20H,5-6,11-12H2,1-4H3. The monoisotopic (exact) mass is 308 g/mol. The minimum atomic E-state index is 0.373. The van der Waals surface area contributed by atoms with Gasteiger partial charge in [0.15, 0.2) is 0 Å². The Morgan fingerprint density at radius 3 is 2.62 bits per heavy atom. The Morgan fingerprint density at radius 1 is 1.29 bits per heavy atom. The summed E-state index contributed by atoms with van der Waals surface area (Å²) in [7, 11) is 0. The highest BCUT2D eigenvalue weighted by Crippen LogP contribution is 2.31. The average Bonchev–Trinajstić information content (AvgIpc) is 2.53. The number of hydrogen-bond donors (Lipinski definition) is 1. The molecule has 0 radical (unpaired) electrons. The van der Waals surface area contributed by atoms with Crippen LogP contribution in [0.25, 0.3) is 0 Å². The lowest BCUT2D eigenvalue weighted by molar-refractivity contribution is 0.0706. The van der Waals surface area contributed by atoms with Crippen molar-refractivity contribution < 1.29 is 0 Å². The van der Waals surface area contributed by atoms with E-state index >= 15 is 0 Å². The topological polar surface area (TPSA) is 15.3 Å². The number of piperazine rings is 1. The lowest BCUT2D eigenvalue weighted by Crippen LogP contribution is -2.58. The highest BCUT2D eigenvalue weighted by molar-refractivity contribution is 6.31. The zero-order valence-electron chi connectivity index (χ0n) is 13.8. The third-order valence-corrected chi connectivity index (χ3v) is 5.49. The van der Waals surface area contributed by atoms with Crippen LogP contribution in [0.2, 0.25) is 5.02 Å². The second-order valence-corrected chi connectivity index (χ2v) is 6.76. The highest BCUT2D eigenvalue weighted by Gasteiger charge is 2.32. The fraction of sp³-hybridized carbons (Fsp3) is 0.667. The van der Waals surface area contributed by atoms with Gasteiger partial charge in [0.1, 0.15) is 0 Å². The van der Waals surface area contributed by atoms with E-state index in [0.29, 0.717) is 24.0 Å². The van der Waals surface area contributed by atoms with Crippen LogP contribution in [-0.2, 0) is 0 Å². The van der Waals surface area contributed by atoms with E-state index in [4.69, 9.17) is 11.6 Å². The minimum absolute atomic E-state index is 0.373. The maximum atomic E-state index is 6.41. The fourth-order valence-electron chi connectivity index (χ4n) is 3.36. The summed E-state index contributed by atoms with van der Waals surface area (Å²) in [4.78, 5) is 2.65. The predicted molar refractivity (Wildman–Crippen MR) is 91.9 cm³/mol. The molecule has 0 spiro atoms. The molecule has 0 aromatic heterocycles. The van der Waals surface area contributed by atoms with Gasteiger partial charge in [-0.2, -0.15) is 0 Å². The zero-order valence-corrected chi connectivity index (χ0v) is 14.5. The Morgan fingerprint density at radius 2 is 2.00 bits per heavy atom. The van der Waals surface area contributed by atoms with Crippen molar-refractivity contribution >= 4 is 11.6 Å². The summed E-state index contributed by atoms with van der Waals surface area (Å²) in [5.74, 6) is 0.712. The van der Waals surface area contributed by atoms with Gasteiger partial charge in [-0.05, 0) is 30.9 Å². The number of nitrogens with zero attached hydrogens (tertiary/aromatic N) is 1. The third-order valence-electron chi connectivity index (χ3n) is 5.15. The average molecular weight is 309 g/mol. The smallest absolute Gasteiger partial charge is 0.0453 e. The molecule has 1 aromatic carbocycles. The summed E-state index contributed by atoms with van der Waals surface area (Å²) < 4.78 is 0. The van der Waals surface area contributed by atoms with E-state index in [0.717, 1.165) is 18.1 Å². The molecule has 1 aliphatic heterocycles. The molecule has 0 saturated carbocycles.